The molecular weight excluding hydrogens is 284 g/mol. The second kappa shape index (κ2) is 8.97. The number of unbranched alkanes of at least 4 members (excludes halogenated alkanes) is 3. The smallest absolute Gasteiger partial charge is 0.0945 e. The van der Waals surface area contributed by atoms with Crippen LogP contribution in [-0.2, 0) is 4.74 Å². The molecule has 0 aliphatic rings. The lowest BCUT2D eigenvalue weighted by Crippen LogP contribution is -2.25. The Kier molecular flexibility index (Phi) is 6.92. The minimum Gasteiger partial charge on any atom is -0.389 e. The molecule has 0 saturated heterocycles. The van der Waals surface area contributed by atoms with Gasteiger partial charge in [0.1, 0.15) is 0 Å². The zero-order valence-corrected chi connectivity index (χ0v) is 13.4. The lowest BCUT2D eigenvalue weighted by molar-refractivity contribution is 0.0417. The zero-order valence-electron chi connectivity index (χ0n) is 12.5. The summed E-state index contributed by atoms with van der Waals surface area (Å²) in [7, 11) is 0. The zero-order chi connectivity index (χ0) is 14.9. The van der Waals surface area contributed by atoms with E-state index in [-0.39, 0.29) is 0 Å². The highest BCUT2D eigenvalue weighted by Gasteiger charge is 2.05. The quantitative estimate of drug-likeness (QED) is 0.658. The molecule has 0 aliphatic heterocycles. The predicted octanol–water partition coefficient (Wildman–Crippen LogP) is 3.67. The molecule has 0 aliphatic carbocycles. The van der Waals surface area contributed by atoms with Crippen molar-refractivity contribution in [2.75, 3.05) is 25.1 Å². The van der Waals surface area contributed by atoms with E-state index in [0.717, 1.165) is 28.9 Å². The van der Waals surface area contributed by atoms with E-state index in [9.17, 15) is 5.11 Å². The number of thiazole rings is 1. The first-order valence-electron chi connectivity index (χ1n) is 7.62. The van der Waals surface area contributed by atoms with Crippen LogP contribution in [-0.4, -0.2) is 36.0 Å². The molecule has 0 saturated carbocycles. The van der Waals surface area contributed by atoms with Crippen LogP contribution in [0.25, 0.3) is 10.2 Å². The first-order valence-corrected chi connectivity index (χ1v) is 8.50. The van der Waals surface area contributed by atoms with Gasteiger partial charge >= 0.3 is 0 Å². The van der Waals surface area contributed by atoms with Crippen molar-refractivity contribution in [1.82, 2.24) is 4.98 Å². The van der Waals surface area contributed by atoms with Crippen molar-refractivity contribution in [3.05, 3.63) is 23.7 Å². The molecule has 5 heteroatoms. The van der Waals surface area contributed by atoms with Gasteiger partial charge < -0.3 is 15.2 Å². The first-order chi connectivity index (χ1) is 10.3. The van der Waals surface area contributed by atoms with Crippen LogP contribution in [0, 0.1) is 0 Å². The van der Waals surface area contributed by atoms with E-state index in [4.69, 9.17) is 4.74 Å². The van der Waals surface area contributed by atoms with E-state index in [1.165, 1.54) is 19.3 Å². The maximum atomic E-state index is 9.89. The number of hydrogen-bond acceptors (Lipinski definition) is 5. The summed E-state index contributed by atoms with van der Waals surface area (Å²) in [4.78, 5) is 4.25. The molecule has 1 aromatic carbocycles. The van der Waals surface area contributed by atoms with E-state index >= 15 is 0 Å². The van der Waals surface area contributed by atoms with Gasteiger partial charge in [0.15, 0.2) is 0 Å². The number of aliphatic hydroxyl groups excluding tert-OH is 1. The van der Waals surface area contributed by atoms with Crippen molar-refractivity contribution < 1.29 is 9.84 Å². The molecule has 1 heterocycles. The highest BCUT2D eigenvalue weighted by Crippen LogP contribution is 2.21. The number of rotatable bonds is 10. The molecule has 0 radical (unpaired) electrons. The van der Waals surface area contributed by atoms with Crippen LogP contribution < -0.4 is 5.32 Å². The minimum absolute atomic E-state index is 0.391. The third kappa shape index (κ3) is 5.61. The molecule has 1 unspecified atom stereocenters. The van der Waals surface area contributed by atoms with Gasteiger partial charge in [0.25, 0.3) is 0 Å². The number of hydrogen-bond donors (Lipinski definition) is 2. The van der Waals surface area contributed by atoms with Gasteiger partial charge in [0, 0.05) is 18.8 Å². The lowest BCUT2D eigenvalue weighted by atomic mass is 10.2. The van der Waals surface area contributed by atoms with Crippen molar-refractivity contribution in [3.8, 4) is 0 Å². The number of aromatic nitrogens is 1. The molecule has 4 nitrogen and oxygen atoms in total. The van der Waals surface area contributed by atoms with Crippen molar-refractivity contribution in [2.45, 2.75) is 38.7 Å². The predicted molar refractivity (Wildman–Crippen MR) is 89.1 cm³/mol. The molecule has 0 spiro atoms. The fourth-order valence-corrected chi connectivity index (χ4v) is 2.83. The van der Waals surface area contributed by atoms with Crippen LogP contribution in [0.4, 0.5) is 5.69 Å². The standard InChI is InChI=1S/C16H24N2O2S/c1-2-3-4-5-8-20-11-14(19)10-17-13-6-7-15-16(9-13)21-12-18-15/h6-7,9,12,14,17,19H,2-5,8,10-11H2,1H3. The molecule has 2 rings (SSSR count). The van der Waals surface area contributed by atoms with Gasteiger partial charge in [-0.05, 0) is 24.6 Å². The summed E-state index contributed by atoms with van der Waals surface area (Å²) in [6.45, 7) is 3.82. The Morgan fingerprint density at radius 1 is 1.33 bits per heavy atom. The Morgan fingerprint density at radius 2 is 2.24 bits per heavy atom. The third-order valence-corrected chi connectivity index (χ3v) is 4.12. The Bertz CT molecular complexity index is 530. The van der Waals surface area contributed by atoms with Crippen molar-refractivity contribution >= 4 is 27.2 Å². The van der Waals surface area contributed by atoms with E-state index in [2.05, 4.69) is 23.3 Å². The SMILES string of the molecule is CCCCCCOCC(O)CNc1ccc2ncsc2c1. The molecule has 0 amide bonds. The van der Waals surface area contributed by atoms with Crippen molar-refractivity contribution in [3.63, 3.8) is 0 Å². The Morgan fingerprint density at radius 3 is 3.10 bits per heavy atom. The molecule has 21 heavy (non-hydrogen) atoms. The van der Waals surface area contributed by atoms with Crippen LogP contribution in [0.1, 0.15) is 32.6 Å². The lowest BCUT2D eigenvalue weighted by Gasteiger charge is -2.13. The third-order valence-electron chi connectivity index (χ3n) is 3.33. The average molecular weight is 308 g/mol. The molecule has 2 aromatic rings. The number of nitrogens with zero attached hydrogens (tertiary/aromatic N) is 1. The molecule has 116 valence electrons. The summed E-state index contributed by atoms with van der Waals surface area (Å²) in [5.74, 6) is 0. The maximum absolute atomic E-state index is 9.89. The average Bonchev–Trinajstić information content (AvgIpc) is 2.96. The number of nitrogens with one attached hydrogen (secondary N) is 1. The van der Waals surface area contributed by atoms with E-state index in [1.54, 1.807) is 11.3 Å². The van der Waals surface area contributed by atoms with Gasteiger partial charge in [0.05, 0.1) is 28.4 Å². The number of ether oxygens (including phenoxy) is 1. The summed E-state index contributed by atoms with van der Waals surface area (Å²) in [6.07, 6.45) is 4.30. The van der Waals surface area contributed by atoms with E-state index in [0.29, 0.717) is 13.2 Å². The summed E-state index contributed by atoms with van der Waals surface area (Å²) in [6, 6.07) is 6.04. The van der Waals surface area contributed by atoms with Gasteiger partial charge in [-0.1, -0.05) is 26.2 Å². The van der Waals surface area contributed by atoms with Crippen LogP contribution in [0.15, 0.2) is 23.7 Å². The fraction of sp³-hybridized carbons (Fsp3) is 0.562. The largest absolute Gasteiger partial charge is 0.389 e. The topological polar surface area (TPSA) is 54.4 Å². The van der Waals surface area contributed by atoms with Crippen molar-refractivity contribution in [2.24, 2.45) is 0 Å². The van der Waals surface area contributed by atoms with Gasteiger partial charge in [-0.25, -0.2) is 4.98 Å². The van der Waals surface area contributed by atoms with Crippen LogP contribution in [0.2, 0.25) is 0 Å². The molecule has 0 fully saturated rings. The molecule has 1 atom stereocenters. The number of aliphatic hydroxyl groups is 1. The Labute approximate surface area is 130 Å². The summed E-state index contributed by atoms with van der Waals surface area (Å²) in [5.41, 5.74) is 3.87. The normalized spacial score (nSPS) is 12.7. The van der Waals surface area contributed by atoms with Crippen molar-refractivity contribution in [1.29, 1.82) is 0 Å². The Hall–Kier alpha value is -1.17. The fourth-order valence-electron chi connectivity index (χ4n) is 2.11. The number of anilines is 1. The van der Waals surface area contributed by atoms with E-state index in [1.807, 2.05) is 17.6 Å². The highest BCUT2D eigenvalue weighted by atomic mass is 32.1. The van der Waals surface area contributed by atoms with E-state index < -0.39 is 6.10 Å². The second-order valence-corrected chi connectivity index (χ2v) is 6.09. The number of fused-ring (bicyclic) bond motifs is 1. The second-order valence-electron chi connectivity index (χ2n) is 5.21. The summed E-state index contributed by atoms with van der Waals surface area (Å²) < 4.78 is 6.64. The van der Waals surface area contributed by atoms with Crippen LogP contribution >= 0.6 is 11.3 Å². The summed E-state index contributed by atoms with van der Waals surface area (Å²) >= 11 is 1.62. The molecule has 0 bridgehead atoms. The summed E-state index contributed by atoms with van der Waals surface area (Å²) in [5, 5.41) is 13.1. The first kappa shape index (κ1) is 16.2. The Balaban J connectivity index is 1.63. The molecule has 2 N–H and O–H groups in total. The van der Waals surface area contributed by atoms with Crippen LogP contribution in [0.5, 0.6) is 0 Å². The molecular formula is C16H24N2O2S. The highest BCUT2D eigenvalue weighted by molar-refractivity contribution is 7.16. The van der Waals surface area contributed by atoms with Gasteiger partial charge in [0.2, 0.25) is 0 Å². The maximum Gasteiger partial charge on any atom is 0.0945 e. The van der Waals surface area contributed by atoms with Gasteiger partial charge in [-0.15, -0.1) is 11.3 Å². The monoisotopic (exact) mass is 308 g/mol. The van der Waals surface area contributed by atoms with Gasteiger partial charge in [-0.3, -0.25) is 0 Å². The molecule has 1 aromatic heterocycles. The van der Waals surface area contributed by atoms with Crippen LogP contribution in [0.3, 0.4) is 0 Å². The number of benzene rings is 1. The van der Waals surface area contributed by atoms with Gasteiger partial charge in [-0.2, -0.15) is 0 Å². The minimum atomic E-state index is -0.478.